The van der Waals surface area contributed by atoms with Crippen molar-refractivity contribution in [3.63, 3.8) is 0 Å². The van der Waals surface area contributed by atoms with Gasteiger partial charge in [0.15, 0.2) is 0 Å². The number of carbonyl (C=O) groups is 1. The summed E-state index contributed by atoms with van der Waals surface area (Å²) < 4.78 is 10.2. The number of hydrogen-bond donors (Lipinski definition) is 0. The van der Waals surface area contributed by atoms with Gasteiger partial charge in [-0.05, 0) is 19.1 Å². The molecule has 0 N–H and O–H groups in total. The van der Waals surface area contributed by atoms with Gasteiger partial charge in [0.1, 0.15) is 0 Å². The van der Waals surface area contributed by atoms with Gasteiger partial charge in [-0.25, -0.2) is 0 Å². The molecule has 0 radical (unpaired) electrons. The van der Waals surface area contributed by atoms with E-state index < -0.39 is 0 Å². The van der Waals surface area contributed by atoms with Crippen LogP contribution in [0.15, 0.2) is 30.3 Å². The summed E-state index contributed by atoms with van der Waals surface area (Å²) in [7, 11) is 3.27. The molecule has 4 heteroatoms. The van der Waals surface area contributed by atoms with Gasteiger partial charge in [0, 0.05) is 26.3 Å². The molecule has 18 heavy (non-hydrogen) atoms. The minimum absolute atomic E-state index is 0.0113. The Morgan fingerprint density at radius 3 is 2.44 bits per heavy atom. The highest BCUT2D eigenvalue weighted by Gasteiger charge is 2.20. The van der Waals surface area contributed by atoms with E-state index >= 15 is 0 Å². The van der Waals surface area contributed by atoms with E-state index in [0.29, 0.717) is 25.3 Å². The number of amides is 1. The zero-order chi connectivity index (χ0) is 13.4. The van der Waals surface area contributed by atoms with Crippen LogP contribution in [0.1, 0.15) is 17.3 Å². The molecule has 100 valence electrons. The number of rotatable bonds is 7. The highest BCUT2D eigenvalue weighted by molar-refractivity contribution is 5.94. The topological polar surface area (TPSA) is 38.8 Å². The van der Waals surface area contributed by atoms with Crippen molar-refractivity contribution in [2.75, 3.05) is 34.0 Å². The third kappa shape index (κ3) is 4.13. The molecule has 0 heterocycles. The fourth-order valence-electron chi connectivity index (χ4n) is 1.79. The number of hydrogen-bond acceptors (Lipinski definition) is 3. The van der Waals surface area contributed by atoms with Gasteiger partial charge in [-0.1, -0.05) is 18.2 Å². The molecule has 4 nitrogen and oxygen atoms in total. The quantitative estimate of drug-likeness (QED) is 0.742. The SMILES string of the molecule is COCCN(C(=O)c1ccccc1)C(C)COC. The van der Waals surface area contributed by atoms with Crippen molar-refractivity contribution in [2.24, 2.45) is 0 Å². The van der Waals surface area contributed by atoms with Crippen LogP contribution in [0.4, 0.5) is 0 Å². The fourth-order valence-corrected chi connectivity index (χ4v) is 1.79. The van der Waals surface area contributed by atoms with Crippen LogP contribution in [0.5, 0.6) is 0 Å². The van der Waals surface area contributed by atoms with E-state index in [1.807, 2.05) is 37.3 Å². The molecule has 0 saturated heterocycles. The minimum atomic E-state index is 0.0113. The molecule has 0 spiro atoms. The third-order valence-electron chi connectivity index (χ3n) is 2.76. The summed E-state index contributed by atoms with van der Waals surface area (Å²) in [5.74, 6) is 0.0113. The zero-order valence-corrected chi connectivity index (χ0v) is 11.3. The van der Waals surface area contributed by atoms with E-state index in [1.54, 1.807) is 19.1 Å². The van der Waals surface area contributed by atoms with Gasteiger partial charge in [-0.2, -0.15) is 0 Å². The number of methoxy groups -OCH3 is 2. The largest absolute Gasteiger partial charge is 0.383 e. The highest BCUT2D eigenvalue weighted by Crippen LogP contribution is 2.08. The van der Waals surface area contributed by atoms with Crippen molar-refractivity contribution in [2.45, 2.75) is 13.0 Å². The van der Waals surface area contributed by atoms with Crippen molar-refractivity contribution in [1.82, 2.24) is 4.90 Å². The zero-order valence-electron chi connectivity index (χ0n) is 11.3. The lowest BCUT2D eigenvalue weighted by Crippen LogP contribution is -2.43. The lowest BCUT2D eigenvalue weighted by Gasteiger charge is -2.28. The second-order valence-electron chi connectivity index (χ2n) is 4.16. The van der Waals surface area contributed by atoms with Crippen molar-refractivity contribution in [3.8, 4) is 0 Å². The van der Waals surface area contributed by atoms with Gasteiger partial charge in [0.2, 0.25) is 0 Å². The smallest absolute Gasteiger partial charge is 0.254 e. The predicted octanol–water partition coefficient (Wildman–Crippen LogP) is 1.81. The third-order valence-corrected chi connectivity index (χ3v) is 2.76. The Balaban J connectivity index is 2.78. The first-order valence-electron chi connectivity index (χ1n) is 6.04. The molecule has 0 saturated carbocycles. The Morgan fingerprint density at radius 2 is 1.89 bits per heavy atom. The normalized spacial score (nSPS) is 12.2. The lowest BCUT2D eigenvalue weighted by atomic mass is 10.1. The maximum absolute atomic E-state index is 12.4. The van der Waals surface area contributed by atoms with Crippen LogP contribution < -0.4 is 0 Å². The first-order valence-corrected chi connectivity index (χ1v) is 6.04. The Morgan fingerprint density at radius 1 is 1.22 bits per heavy atom. The lowest BCUT2D eigenvalue weighted by molar-refractivity contribution is 0.0479. The Kier molecular flexibility index (Phi) is 6.39. The van der Waals surface area contributed by atoms with Crippen LogP contribution in [-0.4, -0.2) is 50.8 Å². The summed E-state index contributed by atoms with van der Waals surface area (Å²) in [5, 5.41) is 0. The molecule has 0 aromatic heterocycles. The Bertz CT molecular complexity index is 353. The van der Waals surface area contributed by atoms with Crippen LogP contribution in [0.2, 0.25) is 0 Å². The second-order valence-corrected chi connectivity index (χ2v) is 4.16. The second kappa shape index (κ2) is 7.84. The molecule has 0 aliphatic rings. The van der Waals surface area contributed by atoms with Gasteiger partial charge in [0.05, 0.1) is 19.3 Å². The summed E-state index contributed by atoms with van der Waals surface area (Å²) in [6.07, 6.45) is 0. The summed E-state index contributed by atoms with van der Waals surface area (Å²) in [4.78, 5) is 14.2. The average molecular weight is 251 g/mol. The molecule has 1 aromatic carbocycles. The molecule has 1 atom stereocenters. The van der Waals surface area contributed by atoms with Crippen LogP contribution in [0.3, 0.4) is 0 Å². The monoisotopic (exact) mass is 251 g/mol. The van der Waals surface area contributed by atoms with E-state index in [-0.39, 0.29) is 11.9 Å². The maximum Gasteiger partial charge on any atom is 0.254 e. The van der Waals surface area contributed by atoms with E-state index in [1.165, 1.54) is 0 Å². The standard InChI is InChI=1S/C14H21NO3/c1-12(11-18-3)15(9-10-17-2)14(16)13-7-5-4-6-8-13/h4-8,12H,9-11H2,1-3H3. The minimum Gasteiger partial charge on any atom is -0.383 e. The molecular formula is C14H21NO3. The van der Waals surface area contributed by atoms with Crippen molar-refractivity contribution in [3.05, 3.63) is 35.9 Å². The fraction of sp³-hybridized carbons (Fsp3) is 0.500. The van der Waals surface area contributed by atoms with E-state index in [9.17, 15) is 4.79 Å². The van der Waals surface area contributed by atoms with Crippen molar-refractivity contribution in [1.29, 1.82) is 0 Å². The average Bonchev–Trinajstić information content (AvgIpc) is 2.40. The number of nitrogens with zero attached hydrogens (tertiary/aromatic N) is 1. The van der Waals surface area contributed by atoms with E-state index in [4.69, 9.17) is 9.47 Å². The molecule has 0 aliphatic heterocycles. The van der Waals surface area contributed by atoms with E-state index in [2.05, 4.69) is 0 Å². The molecule has 1 rings (SSSR count). The molecule has 0 fully saturated rings. The number of benzene rings is 1. The summed E-state index contributed by atoms with van der Waals surface area (Å²) in [6.45, 7) is 3.57. The molecular weight excluding hydrogens is 230 g/mol. The van der Waals surface area contributed by atoms with Gasteiger partial charge >= 0.3 is 0 Å². The van der Waals surface area contributed by atoms with Gasteiger partial charge in [-0.3, -0.25) is 4.79 Å². The van der Waals surface area contributed by atoms with E-state index in [0.717, 1.165) is 0 Å². The summed E-state index contributed by atoms with van der Waals surface area (Å²) in [6, 6.07) is 9.29. The van der Waals surface area contributed by atoms with Crippen LogP contribution in [-0.2, 0) is 9.47 Å². The number of carbonyl (C=O) groups excluding carboxylic acids is 1. The predicted molar refractivity (Wildman–Crippen MR) is 70.7 cm³/mol. The van der Waals surface area contributed by atoms with Crippen molar-refractivity contribution >= 4 is 5.91 Å². The summed E-state index contributed by atoms with van der Waals surface area (Å²) >= 11 is 0. The van der Waals surface area contributed by atoms with Crippen LogP contribution >= 0.6 is 0 Å². The molecule has 0 bridgehead atoms. The first kappa shape index (κ1) is 14.7. The molecule has 1 amide bonds. The van der Waals surface area contributed by atoms with Crippen LogP contribution in [0, 0.1) is 0 Å². The van der Waals surface area contributed by atoms with Gasteiger partial charge in [-0.15, -0.1) is 0 Å². The van der Waals surface area contributed by atoms with Gasteiger partial charge in [0.25, 0.3) is 5.91 Å². The van der Waals surface area contributed by atoms with Gasteiger partial charge < -0.3 is 14.4 Å². The Labute approximate surface area is 108 Å². The molecule has 1 unspecified atom stereocenters. The molecule has 1 aromatic rings. The number of ether oxygens (including phenoxy) is 2. The van der Waals surface area contributed by atoms with Crippen LogP contribution in [0.25, 0.3) is 0 Å². The first-order chi connectivity index (χ1) is 8.70. The highest BCUT2D eigenvalue weighted by atomic mass is 16.5. The summed E-state index contributed by atoms with van der Waals surface area (Å²) in [5.41, 5.74) is 0.691. The maximum atomic E-state index is 12.4. The Hall–Kier alpha value is -1.39. The molecule has 0 aliphatic carbocycles. The van der Waals surface area contributed by atoms with Crippen molar-refractivity contribution < 1.29 is 14.3 Å².